The van der Waals surface area contributed by atoms with Crippen molar-refractivity contribution in [2.45, 2.75) is 18.4 Å². The monoisotopic (exact) mass is 437 g/mol. The molecule has 0 aliphatic rings. The fourth-order valence-electron chi connectivity index (χ4n) is 1.79. The maximum Gasteiger partial charge on any atom is 0.244 e. The highest BCUT2D eigenvalue weighted by Gasteiger charge is 2.24. The van der Waals surface area contributed by atoms with Crippen LogP contribution in [0, 0.1) is 6.92 Å². The van der Waals surface area contributed by atoms with Gasteiger partial charge in [0.15, 0.2) is 0 Å². The fraction of sp³-hybridized carbons (Fsp3) is 0.231. The number of hydrogen-bond donors (Lipinski definition) is 0. The Balaban J connectivity index is 2.25. The molecular weight excluding hydrogens is 426 g/mol. The van der Waals surface area contributed by atoms with Crippen molar-refractivity contribution in [1.82, 2.24) is 4.31 Å². The minimum atomic E-state index is -3.46. The molecule has 0 spiro atoms. The summed E-state index contributed by atoms with van der Waals surface area (Å²) in [6, 6.07) is 9.29. The summed E-state index contributed by atoms with van der Waals surface area (Å²) in [5.41, 5.74) is 0.950. The molecule has 1 heterocycles. The summed E-state index contributed by atoms with van der Waals surface area (Å²) >= 11 is 8.12. The van der Waals surface area contributed by atoms with Crippen molar-refractivity contribution in [1.29, 1.82) is 0 Å². The predicted octanol–water partition coefficient (Wildman–Crippen LogP) is 4.40. The molecule has 0 saturated carbocycles. The molecule has 108 valence electrons. The summed E-state index contributed by atoms with van der Waals surface area (Å²) in [5.74, 6) is 0. The Hall–Kier alpha value is -0.210. The van der Waals surface area contributed by atoms with Crippen molar-refractivity contribution in [3.05, 3.63) is 49.0 Å². The number of aryl methyl sites for hydroxylation is 1. The maximum atomic E-state index is 12.5. The van der Waals surface area contributed by atoms with E-state index in [1.54, 1.807) is 13.1 Å². The van der Waals surface area contributed by atoms with E-state index in [-0.39, 0.29) is 0 Å². The number of hydrogen-bond acceptors (Lipinski definition) is 3. The zero-order valence-corrected chi connectivity index (χ0v) is 15.7. The molecule has 0 saturated heterocycles. The Morgan fingerprint density at radius 3 is 2.30 bits per heavy atom. The van der Waals surface area contributed by atoms with Gasteiger partial charge in [0.2, 0.25) is 10.0 Å². The average molecular weight is 439 g/mol. The zero-order valence-electron chi connectivity index (χ0n) is 10.9. The topological polar surface area (TPSA) is 37.4 Å². The molecule has 0 unspecified atom stereocenters. The zero-order chi connectivity index (χ0) is 14.9. The Morgan fingerprint density at radius 1 is 1.20 bits per heavy atom. The number of thiophene rings is 1. The van der Waals surface area contributed by atoms with Crippen LogP contribution in [-0.2, 0) is 16.6 Å². The lowest BCUT2D eigenvalue weighted by Crippen LogP contribution is -2.26. The highest BCUT2D eigenvalue weighted by atomic mass is 79.9. The van der Waals surface area contributed by atoms with Gasteiger partial charge in [-0.05, 0) is 46.6 Å². The molecule has 0 amide bonds. The first-order valence-corrected chi connectivity index (χ1v) is 9.61. The smallest absolute Gasteiger partial charge is 0.207 e. The summed E-state index contributed by atoms with van der Waals surface area (Å²) in [6.07, 6.45) is 0. The first-order chi connectivity index (χ1) is 9.30. The number of rotatable bonds is 4. The molecule has 0 fully saturated rings. The minimum Gasteiger partial charge on any atom is -0.207 e. The van der Waals surface area contributed by atoms with Crippen LogP contribution in [-0.4, -0.2) is 19.8 Å². The standard InChI is InChI=1S/C13H13Br2NO2S2/c1-9-12(7-13(15)19-9)20(17,18)16(2)8-10-3-5-11(14)6-4-10/h3-7H,8H2,1-2H3. The molecule has 0 aliphatic heterocycles. The van der Waals surface area contributed by atoms with Gasteiger partial charge in [-0.25, -0.2) is 8.42 Å². The summed E-state index contributed by atoms with van der Waals surface area (Å²) in [5, 5.41) is 0. The van der Waals surface area contributed by atoms with Gasteiger partial charge in [-0.2, -0.15) is 4.31 Å². The third kappa shape index (κ3) is 3.51. The quantitative estimate of drug-likeness (QED) is 0.709. The van der Waals surface area contributed by atoms with E-state index < -0.39 is 10.0 Å². The molecule has 20 heavy (non-hydrogen) atoms. The highest BCUT2D eigenvalue weighted by molar-refractivity contribution is 9.11. The highest BCUT2D eigenvalue weighted by Crippen LogP contribution is 2.31. The molecule has 3 nitrogen and oxygen atoms in total. The molecule has 2 aromatic rings. The molecule has 0 bridgehead atoms. The van der Waals surface area contributed by atoms with E-state index in [4.69, 9.17) is 0 Å². The van der Waals surface area contributed by atoms with Crippen LogP contribution in [0.2, 0.25) is 0 Å². The van der Waals surface area contributed by atoms with E-state index in [0.717, 1.165) is 18.7 Å². The second-order valence-electron chi connectivity index (χ2n) is 4.36. The van der Waals surface area contributed by atoms with Crippen LogP contribution in [0.3, 0.4) is 0 Å². The Labute approximate surface area is 139 Å². The van der Waals surface area contributed by atoms with E-state index >= 15 is 0 Å². The molecule has 7 heteroatoms. The van der Waals surface area contributed by atoms with E-state index in [2.05, 4.69) is 31.9 Å². The van der Waals surface area contributed by atoms with Crippen LogP contribution in [0.1, 0.15) is 10.4 Å². The maximum absolute atomic E-state index is 12.5. The van der Waals surface area contributed by atoms with Crippen LogP contribution in [0.15, 0.2) is 43.5 Å². The van der Waals surface area contributed by atoms with E-state index in [1.165, 1.54) is 15.6 Å². The van der Waals surface area contributed by atoms with Gasteiger partial charge in [-0.15, -0.1) is 11.3 Å². The lowest BCUT2D eigenvalue weighted by Gasteiger charge is -2.17. The second-order valence-corrected chi connectivity index (χ2v) is 9.92. The first kappa shape index (κ1) is 16.2. The van der Waals surface area contributed by atoms with Gasteiger partial charge in [0.05, 0.1) is 8.68 Å². The summed E-state index contributed by atoms with van der Waals surface area (Å²) in [6.45, 7) is 2.16. The van der Waals surface area contributed by atoms with E-state index in [9.17, 15) is 8.42 Å². The van der Waals surface area contributed by atoms with Crippen molar-refractivity contribution in [3.8, 4) is 0 Å². The average Bonchev–Trinajstić information content (AvgIpc) is 2.72. The van der Waals surface area contributed by atoms with Crippen LogP contribution in [0.25, 0.3) is 0 Å². The number of sulfonamides is 1. The third-order valence-corrected chi connectivity index (χ3v) is 6.99. The Bertz CT molecular complexity index is 708. The molecule has 0 aliphatic carbocycles. The van der Waals surface area contributed by atoms with Crippen LogP contribution >= 0.6 is 43.2 Å². The SMILES string of the molecule is Cc1sc(Br)cc1S(=O)(=O)N(C)Cc1ccc(Br)cc1. The van der Waals surface area contributed by atoms with Gasteiger partial charge in [0.1, 0.15) is 0 Å². The van der Waals surface area contributed by atoms with Gasteiger partial charge in [0, 0.05) is 22.9 Å². The van der Waals surface area contributed by atoms with Crippen LogP contribution in [0.4, 0.5) is 0 Å². The predicted molar refractivity (Wildman–Crippen MR) is 89.6 cm³/mol. The van der Waals surface area contributed by atoms with E-state index in [0.29, 0.717) is 11.4 Å². The molecule has 0 atom stereocenters. The second kappa shape index (κ2) is 6.27. The van der Waals surface area contributed by atoms with Gasteiger partial charge >= 0.3 is 0 Å². The molecule has 0 N–H and O–H groups in total. The number of nitrogens with zero attached hydrogens (tertiary/aromatic N) is 1. The Kier molecular flexibility index (Phi) is 5.07. The van der Waals surface area contributed by atoms with Crippen LogP contribution < -0.4 is 0 Å². The van der Waals surface area contributed by atoms with Crippen molar-refractivity contribution in [2.24, 2.45) is 0 Å². The van der Waals surface area contributed by atoms with Crippen molar-refractivity contribution in [3.63, 3.8) is 0 Å². The first-order valence-electron chi connectivity index (χ1n) is 5.77. The van der Waals surface area contributed by atoms with Gasteiger partial charge < -0.3 is 0 Å². The normalized spacial score (nSPS) is 12.1. The van der Waals surface area contributed by atoms with Gasteiger partial charge in [-0.1, -0.05) is 28.1 Å². The summed E-state index contributed by atoms with van der Waals surface area (Å²) < 4.78 is 28.3. The number of halogens is 2. The van der Waals surface area contributed by atoms with Gasteiger partial charge in [0.25, 0.3) is 0 Å². The molecular formula is C13H13Br2NO2S2. The van der Waals surface area contributed by atoms with Crippen molar-refractivity contribution in [2.75, 3.05) is 7.05 Å². The fourth-order valence-corrected chi connectivity index (χ4v) is 5.59. The third-order valence-electron chi connectivity index (χ3n) is 2.85. The largest absolute Gasteiger partial charge is 0.244 e. The lowest BCUT2D eigenvalue weighted by atomic mass is 10.2. The minimum absolute atomic E-state index is 0.350. The molecule has 1 aromatic carbocycles. The molecule has 1 aromatic heterocycles. The number of benzene rings is 1. The summed E-state index contributed by atoms with van der Waals surface area (Å²) in [7, 11) is -1.86. The van der Waals surface area contributed by atoms with Crippen molar-refractivity contribution >= 4 is 53.2 Å². The lowest BCUT2D eigenvalue weighted by molar-refractivity contribution is 0.466. The van der Waals surface area contributed by atoms with Crippen molar-refractivity contribution < 1.29 is 8.42 Å². The van der Waals surface area contributed by atoms with E-state index in [1.807, 2.05) is 31.2 Å². The Morgan fingerprint density at radius 2 is 1.80 bits per heavy atom. The molecule has 0 radical (unpaired) electrons. The molecule has 2 rings (SSSR count). The van der Waals surface area contributed by atoms with Crippen LogP contribution in [0.5, 0.6) is 0 Å². The summed E-state index contributed by atoms with van der Waals surface area (Å²) in [4.78, 5) is 1.16. The van der Waals surface area contributed by atoms with Gasteiger partial charge in [-0.3, -0.25) is 0 Å².